The number of rotatable bonds is 5. The van der Waals surface area contributed by atoms with Crippen molar-refractivity contribution in [3.8, 4) is 0 Å². The Morgan fingerprint density at radius 2 is 2.00 bits per heavy atom. The summed E-state index contributed by atoms with van der Waals surface area (Å²) in [5.41, 5.74) is 15.8. The summed E-state index contributed by atoms with van der Waals surface area (Å²) in [7, 11) is 1.85. The Morgan fingerprint density at radius 3 is 2.69 bits per heavy atom. The van der Waals surface area contributed by atoms with Crippen LogP contribution >= 0.6 is 0 Å². The molecular formula is C19H29N7. The molecule has 2 aliphatic carbocycles. The summed E-state index contributed by atoms with van der Waals surface area (Å²) in [5, 5.41) is 6.54. The molecule has 1 aliphatic heterocycles. The molecule has 1 atom stereocenters. The van der Waals surface area contributed by atoms with Gasteiger partial charge in [0.25, 0.3) is 0 Å². The van der Waals surface area contributed by atoms with Crippen LogP contribution in [-0.2, 0) is 6.42 Å². The normalized spacial score (nSPS) is 31.3. The van der Waals surface area contributed by atoms with Crippen molar-refractivity contribution in [2.45, 2.75) is 56.8 Å². The second-order valence-electron chi connectivity index (χ2n) is 7.87. The number of nitrogens with one attached hydrogen (secondary N) is 2. The van der Waals surface area contributed by atoms with Crippen LogP contribution in [0.25, 0.3) is 5.70 Å². The molecule has 140 valence electrons. The molecule has 2 fully saturated rings. The highest BCUT2D eigenvalue weighted by molar-refractivity contribution is 5.86. The third-order valence-corrected chi connectivity index (χ3v) is 5.82. The molecule has 2 heterocycles. The summed E-state index contributed by atoms with van der Waals surface area (Å²) in [6, 6.07) is 0.296. The standard InChI is InChI=1S/C19H29N7/c1-22-18-23-11-15(17(25-18)10-12-2-3-12)16-8-9-24-19(21,26-16)13-4-6-14(20)7-5-13/h8-9,11-14,26H,2-7,10,20-21H2,1H3,(H,22,23,25). The highest BCUT2D eigenvalue weighted by Gasteiger charge is 2.38. The Morgan fingerprint density at radius 1 is 1.23 bits per heavy atom. The fourth-order valence-corrected chi connectivity index (χ4v) is 3.96. The molecule has 7 heteroatoms. The van der Waals surface area contributed by atoms with Crippen LogP contribution in [0.1, 0.15) is 49.8 Å². The first-order valence-corrected chi connectivity index (χ1v) is 9.69. The molecule has 4 rings (SSSR count). The number of aliphatic imine (C=N–C) groups is 1. The average Bonchev–Trinajstić information content (AvgIpc) is 3.46. The zero-order valence-electron chi connectivity index (χ0n) is 15.4. The van der Waals surface area contributed by atoms with Crippen molar-refractivity contribution in [3.05, 3.63) is 23.5 Å². The van der Waals surface area contributed by atoms with Gasteiger partial charge in [-0.3, -0.25) is 10.7 Å². The number of aromatic nitrogens is 2. The van der Waals surface area contributed by atoms with Crippen LogP contribution in [0.2, 0.25) is 0 Å². The van der Waals surface area contributed by atoms with Gasteiger partial charge in [-0.2, -0.15) is 0 Å². The van der Waals surface area contributed by atoms with Crippen LogP contribution in [0, 0.1) is 11.8 Å². The van der Waals surface area contributed by atoms with Crippen molar-refractivity contribution in [2.75, 3.05) is 12.4 Å². The Bertz CT molecular complexity index is 717. The molecule has 0 saturated heterocycles. The number of hydrogen-bond donors (Lipinski definition) is 4. The maximum Gasteiger partial charge on any atom is 0.222 e. The maximum absolute atomic E-state index is 6.68. The van der Waals surface area contributed by atoms with Crippen LogP contribution in [0.15, 0.2) is 17.3 Å². The Kier molecular flexibility index (Phi) is 4.67. The van der Waals surface area contributed by atoms with Crippen LogP contribution in [0.3, 0.4) is 0 Å². The van der Waals surface area contributed by atoms with Gasteiger partial charge in [0.2, 0.25) is 5.95 Å². The molecule has 7 nitrogen and oxygen atoms in total. The molecule has 6 N–H and O–H groups in total. The van der Waals surface area contributed by atoms with E-state index in [0.29, 0.717) is 12.0 Å². The minimum absolute atomic E-state index is 0.284. The summed E-state index contributed by atoms with van der Waals surface area (Å²) in [5.74, 6) is 0.915. The number of nitrogens with zero attached hydrogens (tertiary/aromatic N) is 3. The van der Waals surface area contributed by atoms with Crippen molar-refractivity contribution in [3.63, 3.8) is 0 Å². The van der Waals surface area contributed by atoms with Gasteiger partial charge in [-0.25, -0.2) is 9.97 Å². The first kappa shape index (κ1) is 17.4. The zero-order chi connectivity index (χ0) is 18.1. The van der Waals surface area contributed by atoms with E-state index in [2.05, 4.69) is 20.6 Å². The average molecular weight is 355 g/mol. The molecule has 1 aromatic heterocycles. The first-order valence-electron chi connectivity index (χ1n) is 9.69. The van der Waals surface area contributed by atoms with Gasteiger partial charge in [0, 0.05) is 42.7 Å². The SMILES string of the molecule is CNc1ncc(C2=CC=NC(N)(C3CCC(N)CC3)N2)c(CC2CC2)n1. The van der Waals surface area contributed by atoms with Crippen LogP contribution in [-0.4, -0.2) is 35.1 Å². The van der Waals surface area contributed by atoms with Gasteiger partial charge in [0.15, 0.2) is 5.79 Å². The van der Waals surface area contributed by atoms with E-state index in [0.717, 1.165) is 55.0 Å². The molecule has 0 bridgehead atoms. The predicted octanol–water partition coefficient (Wildman–Crippen LogP) is 1.62. The van der Waals surface area contributed by atoms with Gasteiger partial charge in [-0.15, -0.1) is 0 Å². The number of anilines is 1. The van der Waals surface area contributed by atoms with E-state index in [1.807, 2.05) is 25.5 Å². The summed E-state index contributed by atoms with van der Waals surface area (Å²) >= 11 is 0. The van der Waals surface area contributed by atoms with Crippen LogP contribution in [0.4, 0.5) is 5.95 Å². The van der Waals surface area contributed by atoms with E-state index in [1.54, 1.807) is 0 Å². The lowest BCUT2D eigenvalue weighted by Gasteiger charge is -2.40. The van der Waals surface area contributed by atoms with Gasteiger partial charge in [0.1, 0.15) is 0 Å². The summed E-state index contributed by atoms with van der Waals surface area (Å²) in [6.45, 7) is 0. The molecule has 0 aromatic carbocycles. The molecule has 0 spiro atoms. The largest absolute Gasteiger partial charge is 0.357 e. The molecule has 26 heavy (non-hydrogen) atoms. The summed E-state index contributed by atoms with van der Waals surface area (Å²) in [4.78, 5) is 13.7. The number of hydrogen-bond acceptors (Lipinski definition) is 7. The highest BCUT2D eigenvalue weighted by atomic mass is 15.3. The van der Waals surface area contributed by atoms with E-state index < -0.39 is 5.79 Å². The minimum Gasteiger partial charge on any atom is -0.357 e. The lowest BCUT2D eigenvalue weighted by atomic mass is 9.81. The predicted molar refractivity (Wildman–Crippen MR) is 104 cm³/mol. The van der Waals surface area contributed by atoms with Gasteiger partial charge in [0.05, 0.1) is 5.69 Å². The minimum atomic E-state index is -0.775. The topological polar surface area (TPSA) is 114 Å². The van der Waals surface area contributed by atoms with Crippen LogP contribution in [0.5, 0.6) is 0 Å². The van der Waals surface area contributed by atoms with Gasteiger partial charge < -0.3 is 16.4 Å². The molecule has 3 aliphatic rings. The first-order chi connectivity index (χ1) is 12.6. The van der Waals surface area contributed by atoms with Crippen molar-refractivity contribution in [1.82, 2.24) is 15.3 Å². The van der Waals surface area contributed by atoms with E-state index in [-0.39, 0.29) is 5.92 Å². The summed E-state index contributed by atoms with van der Waals surface area (Å²) < 4.78 is 0. The molecule has 2 saturated carbocycles. The lowest BCUT2D eigenvalue weighted by Crippen LogP contribution is -2.59. The number of allylic oxidation sites excluding steroid dienone is 1. The third kappa shape index (κ3) is 3.59. The van der Waals surface area contributed by atoms with Crippen molar-refractivity contribution >= 4 is 17.9 Å². The quantitative estimate of drug-likeness (QED) is 0.638. The smallest absolute Gasteiger partial charge is 0.222 e. The molecular weight excluding hydrogens is 326 g/mol. The van der Waals surface area contributed by atoms with Crippen molar-refractivity contribution in [2.24, 2.45) is 28.3 Å². The lowest BCUT2D eigenvalue weighted by molar-refractivity contribution is 0.183. The van der Waals surface area contributed by atoms with Crippen molar-refractivity contribution in [1.29, 1.82) is 0 Å². The monoisotopic (exact) mass is 355 g/mol. The zero-order valence-corrected chi connectivity index (χ0v) is 15.4. The van der Waals surface area contributed by atoms with Gasteiger partial charge in [-0.05, 0) is 56.9 Å². The highest BCUT2D eigenvalue weighted by Crippen LogP contribution is 2.36. The summed E-state index contributed by atoms with van der Waals surface area (Å²) in [6.07, 6.45) is 13.3. The fraction of sp³-hybridized carbons (Fsp3) is 0.632. The van der Waals surface area contributed by atoms with Gasteiger partial charge >= 0.3 is 0 Å². The van der Waals surface area contributed by atoms with E-state index in [9.17, 15) is 0 Å². The second-order valence-corrected chi connectivity index (χ2v) is 7.87. The molecule has 0 radical (unpaired) electrons. The molecule has 1 aromatic rings. The Hall–Kier alpha value is -1.99. The van der Waals surface area contributed by atoms with E-state index >= 15 is 0 Å². The van der Waals surface area contributed by atoms with E-state index in [1.165, 1.54) is 12.8 Å². The Balaban J connectivity index is 1.58. The third-order valence-electron chi connectivity index (χ3n) is 5.82. The Labute approximate surface area is 154 Å². The maximum atomic E-state index is 6.68. The number of nitrogens with two attached hydrogens (primary N) is 2. The van der Waals surface area contributed by atoms with Crippen LogP contribution < -0.4 is 22.1 Å². The molecule has 1 unspecified atom stereocenters. The fourth-order valence-electron chi connectivity index (χ4n) is 3.96. The molecule has 0 amide bonds. The second kappa shape index (κ2) is 6.96. The van der Waals surface area contributed by atoms with Crippen molar-refractivity contribution < 1.29 is 0 Å². The van der Waals surface area contributed by atoms with E-state index in [4.69, 9.17) is 16.5 Å². The van der Waals surface area contributed by atoms with Gasteiger partial charge in [-0.1, -0.05) is 0 Å².